The van der Waals surface area contributed by atoms with Crippen LogP contribution in [0.4, 0.5) is 0 Å². The van der Waals surface area contributed by atoms with Crippen molar-refractivity contribution in [1.82, 2.24) is 0 Å². The lowest BCUT2D eigenvalue weighted by Crippen LogP contribution is -2.04. The molecule has 0 fully saturated rings. The maximum atomic E-state index is 9.29. The summed E-state index contributed by atoms with van der Waals surface area (Å²) < 4.78 is 0. The molecule has 0 aliphatic heterocycles. The molecule has 1 N–H and O–H groups in total. The lowest BCUT2D eigenvalue weighted by atomic mass is 10.0. The fourth-order valence-electron chi connectivity index (χ4n) is 0.850. The van der Waals surface area contributed by atoms with Crippen LogP contribution in [0.15, 0.2) is 30.5 Å². The molecule has 0 aromatic heterocycles. The van der Waals surface area contributed by atoms with E-state index in [0.29, 0.717) is 0 Å². The first-order valence-electron chi connectivity index (χ1n) is 3.95. The average molecular weight is 152 g/mol. The summed E-state index contributed by atoms with van der Waals surface area (Å²) in [4.78, 5) is 0. The minimum absolute atomic E-state index is 0.556. The summed E-state index contributed by atoms with van der Waals surface area (Å²) in [5.41, 5.74) is 3.58. The van der Waals surface area contributed by atoms with Gasteiger partial charge in [-0.15, -0.1) is 12.3 Å². The Balaban J connectivity index is 3.97. The van der Waals surface area contributed by atoms with E-state index in [2.05, 4.69) is 25.8 Å². The average Bonchev–Trinajstić information content (AvgIpc) is 2.05. The molecule has 62 valence electrons. The molecule has 0 heterocycles. The number of hydrogen-bond acceptors (Lipinski definition) is 1. The van der Waals surface area contributed by atoms with Crippen LogP contribution in [0.25, 0.3) is 0 Å². The number of hydrogen-bond donors (Lipinski definition) is 1. The predicted molar refractivity (Wildman–Crippen MR) is 48.4 cm³/mol. The van der Waals surface area contributed by atoms with Gasteiger partial charge in [-0.3, -0.25) is 0 Å². The van der Waals surface area contributed by atoms with Crippen molar-refractivity contribution in [3.8, 4) is 0 Å². The SMILES string of the molecule is C=C=C(CCCC)C(O)C=C. The first-order chi connectivity index (χ1) is 5.26. The van der Waals surface area contributed by atoms with Gasteiger partial charge in [0.15, 0.2) is 0 Å². The van der Waals surface area contributed by atoms with Gasteiger partial charge in [-0.25, -0.2) is 0 Å². The molecule has 0 aromatic carbocycles. The Morgan fingerprint density at radius 3 is 2.73 bits per heavy atom. The van der Waals surface area contributed by atoms with Crippen LogP contribution in [-0.2, 0) is 0 Å². The molecule has 0 aliphatic rings. The van der Waals surface area contributed by atoms with Gasteiger partial charge in [-0.1, -0.05) is 26.0 Å². The summed E-state index contributed by atoms with van der Waals surface area (Å²) in [6.07, 6.45) is 4.01. The van der Waals surface area contributed by atoms with E-state index in [4.69, 9.17) is 0 Å². The molecule has 0 saturated carbocycles. The third-order valence-corrected chi connectivity index (χ3v) is 1.61. The standard InChI is InChI=1S/C10H16O/c1-4-7-8-9(5-2)10(11)6-3/h6,10-11H,2-4,7-8H2,1H3. The van der Waals surface area contributed by atoms with Crippen LogP contribution in [0.2, 0.25) is 0 Å². The van der Waals surface area contributed by atoms with E-state index in [-0.39, 0.29) is 0 Å². The second kappa shape index (κ2) is 5.96. The molecule has 0 amide bonds. The Labute approximate surface area is 68.7 Å². The molecule has 1 heteroatoms. The molecule has 0 bridgehead atoms. The molecule has 1 atom stereocenters. The minimum atomic E-state index is -0.556. The summed E-state index contributed by atoms with van der Waals surface area (Å²) in [7, 11) is 0. The fourth-order valence-corrected chi connectivity index (χ4v) is 0.850. The van der Waals surface area contributed by atoms with Gasteiger partial charge < -0.3 is 5.11 Å². The molecule has 0 rings (SSSR count). The van der Waals surface area contributed by atoms with Crippen LogP contribution in [0, 0.1) is 0 Å². The van der Waals surface area contributed by atoms with Crippen molar-refractivity contribution >= 4 is 0 Å². The molecule has 0 radical (unpaired) electrons. The Bertz CT molecular complexity index is 164. The molecule has 1 unspecified atom stereocenters. The zero-order chi connectivity index (χ0) is 8.69. The Morgan fingerprint density at radius 1 is 1.73 bits per heavy atom. The molecule has 0 aromatic rings. The van der Waals surface area contributed by atoms with Crippen LogP contribution in [0.5, 0.6) is 0 Å². The summed E-state index contributed by atoms with van der Waals surface area (Å²) in [5, 5.41) is 9.29. The minimum Gasteiger partial charge on any atom is -0.384 e. The number of rotatable bonds is 5. The van der Waals surface area contributed by atoms with E-state index in [9.17, 15) is 5.11 Å². The quantitative estimate of drug-likeness (QED) is 0.474. The molecule has 11 heavy (non-hydrogen) atoms. The van der Waals surface area contributed by atoms with Crippen LogP contribution >= 0.6 is 0 Å². The van der Waals surface area contributed by atoms with Crippen LogP contribution < -0.4 is 0 Å². The summed E-state index contributed by atoms with van der Waals surface area (Å²) in [5.74, 6) is 0. The molecule has 0 aliphatic carbocycles. The van der Waals surface area contributed by atoms with Crippen molar-refractivity contribution in [2.45, 2.75) is 32.3 Å². The molecule has 0 spiro atoms. The van der Waals surface area contributed by atoms with Gasteiger partial charge >= 0.3 is 0 Å². The third-order valence-electron chi connectivity index (χ3n) is 1.61. The van der Waals surface area contributed by atoms with Gasteiger partial charge in [0.2, 0.25) is 0 Å². The smallest absolute Gasteiger partial charge is 0.100 e. The first-order valence-corrected chi connectivity index (χ1v) is 3.95. The van der Waals surface area contributed by atoms with Gasteiger partial charge in [0.1, 0.15) is 6.10 Å². The van der Waals surface area contributed by atoms with Gasteiger partial charge in [0.25, 0.3) is 0 Å². The highest BCUT2D eigenvalue weighted by Crippen LogP contribution is 2.10. The highest BCUT2D eigenvalue weighted by molar-refractivity contribution is 5.11. The lowest BCUT2D eigenvalue weighted by Gasteiger charge is -2.06. The summed E-state index contributed by atoms with van der Waals surface area (Å²) in [6.45, 7) is 9.12. The number of aliphatic hydroxyl groups excluding tert-OH is 1. The monoisotopic (exact) mass is 152 g/mol. The lowest BCUT2D eigenvalue weighted by molar-refractivity contribution is 0.254. The van der Waals surface area contributed by atoms with E-state index in [1.807, 2.05) is 0 Å². The summed E-state index contributed by atoms with van der Waals surface area (Å²) >= 11 is 0. The normalized spacial score (nSPS) is 11.8. The van der Waals surface area contributed by atoms with Crippen molar-refractivity contribution in [3.05, 3.63) is 30.5 Å². The Kier molecular flexibility index (Phi) is 5.54. The maximum absolute atomic E-state index is 9.29. The highest BCUT2D eigenvalue weighted by atomic mass is 16.3. The number of aliphatic hydroxyl groups is 1. The van der Waals surface area contributed by atoms with Gasteiger partial charge in [0.05, 0.1) is 0 Å². The molecular weight excluding hydrogens is 136 g/mol. The second-order valence-corrected chi connectivity index (χ2v) is 2.49. The van der Waals surface area contributed by atoms with Crippen LogP contribution in [0.3, 0.4) is 0 Å². The predicted octanol–water partition coefficient (Wildman–Crippen LogP) is 2.43. The van der Waals surface area contributed by atoms with E-state index in [1.54, 1.807) is 0 Å². The molecule has 1 nitrogen and oxygen atoms in total. The van der Waals surface area contributed by atoms with E-state index < -0.39 is 6.10 Å². The molecular formula is C10H16O. The largest absolute Gasteiger partial charge is 0.384 e. The second-order valence-electron chi connectivity index (χ2n) is 2.49. The zero-order valence-corrected chi connectivity index (χ0v) is 7.14. The van der Waals surface area contributed by atoms with Gasteiger partial charge in [-0.2, -0.15) is 0 Å². The van der Waals surface area contributed by atoms with Crippen molar-refractivity contribution in [3.63, 3.8) is 0 Å². The molecule has 0 saturated heterocycles. The fraction of sp³-hybridized carbons (Fsp3) is 0.500. The maximum Gasteiger partial charge on any atom is 0.100 e. The zero-order valence-electron chi connectivity index (χ0n) is 7.14. The Hall–Kier alpha value is -0.780. The van der Waals surface area contributed by atoms with E-state index in [1.165, 1.54) is 6.08 Å². The van der Waals surface area contributed by atoms with Crippen molar-refractivity contribution in [1.29, 1.82) is 0 Å². The summed E-state index contributed by atoms with van der Waals surface area (Å²) in [6, 6.07) is 0. The highest BCUT2D eigenvalue weighted by Gasteiger charge is 2.03. The van der Waals surface area contributed by atoms with E-state index in [0.717, 1.165) is 24.8 Å². The topological polar surface area (TPSA) is 20.2 Å². The van der Waals surface area contributed by atoms with Crippen molar-refractivity contribution in [2.75, 3.05) is 0 Å². The van der Waals surface area contributed by atoms with Crippen molar-refractivity contribution in [2.24, 2.45) is 0 Å². The Morgan fingerprint density at radius 2 is 2.36 bits per heavy atom. The van der Waals surface area contributed by atoms with Crippen molar-refractivity contribution < 1.29 is 5.11 Å². The van der Waals surface area contributed by atoms with E-state index >= 15 is 0 Å². The van der Waals surface area contributed by atoms with Gasteiger partial charge in [-0.05, 0) is 12.8 Å². The third kappa shape index (κ3) is 3.82. The number of unbranched alkanes of at least 4 members (excludes halogenated alkanes) is 1. The van der Waals surface area contributed by atoms with Gasteiger partial charge in [0, 0.05) is 5.57 Å². The van der Waals surface area contributed by atoms with Crippen LogP contribution in [0.1, 0.15) is 26.2 Å². The first kappa shape index (κ1) is 10.2. The van der Waals surface area contributed by atoms with Crippen LogP contribution in [-0.4, -0.2) is 11.2 Å².